The van der Waals surface area contributed by atoms with Crippen molar-refractivity contribution in [3.05, 3.63) is 145 Å². The molecule has 0 aromatic heterocycles. The van der Waals surface area contributed by atoms with E-state index >= 15 is 0 Å². The number of nitrogens with zero attached hydrogens (tertiary/aromatic N) is 2. The fourth-order valence-corrected chi connectivity index (χ4v) is 4.25. The average Bonchev–Trinajstić information content (AvgIpc) is 2.92. The summed E-state index contributed by atoms with van der Waals surface area (Å²) in [4.78, 5) is 4.35. The van der Waals surface area contributed by atoms with Crippen molar-refractivity contribution in [2.24, 2.45) is 0 Å². The summed E-state index contributed by atoms with van der Waals surface area (Å²) in [7, 11) is 4.16. The highest BCUT2D eigenvalue weighted by Crippen LogP contribution is 2.29. The molecule has 0 spiro atoms. The van der Waals surface area contributed by atoms with Gasteiger partial charge in [-0.3, -0.25) is 0 Å². The van der Waals surface area contributed by atoms with E-state index in [1.165, 1.54) is 27.2 Å². The largest absolute Gasteiger partial charge is 0.348 e. The van der Waals surface area contributed by atoms with Gasteiger partial charge in [0.25, 0.3) is 0 Å². The van der Waals surface area contributed by atoms with Gasteiger partial charge < -0.3 is 9.80 Å². The van der Waals surface area contributed by atoms with E-state index in [1.54, 1.807) is 0 Å². The van der Waals surface area contributed by atoms with Gasteiger partial charge in [0, 0.05) is 47.6 Å². The zero-order chi connectivity index (χ0) is 25.7. The molecule has 180 valence electrons. The zero-order valence-corrected chi connectivity index (χ0v) is 21.7. The third-order valence-electron chi connectivity index (χ3n) is 6.77. The Morgan fingerprint density at radius 3 is 1.69 bits per heavy atom. The molecule has 0 heterocycles. The zero-order valence-electron chi connectivity index (χ0n) is 21.7. The lowest BCUT2D eigenvalue weighted by Crippen LogP contribution is -2.14. The van der Waals surface area contributed by atoms with E-state index in [2.05, 4.69) is 148 Å². The molecule has 4 aromatic carbocycles. The molecule has 0 saturated heterocycles. The maximum atomic E-state index is 4.28. The van der Waals surface area contributed by atoms with Crippen LogP contribution in [0.3, 0.4) is 0 Å². The smallest absolute Gasteiger partial charge is 0.0487 e. The molecule has 0 radical (unpaired) electrons. The Balaban J connectivity index is 1.46. The standard InChI is InChI=1S/C34H34N2/c1-25(21-23-27(3)35(5)33-19-11-15-29-13-7-9-17-31(29)33)26(2)22-24-28(4)36(6)34-20-12-16-30-14-8-10-18-32(30)34/h7-24H,1,3H2,2,4-6H3. The molecule has 2 nitrogen and oxygen atoms in total. The molecule has 0 N–H and O–H groups in total. The first-order valence-corrected chi connectivity index (χ1v) is 12.2. The summed E-state index contributed by atoms with van der Waals surface area (Å²) < 4.78 is 0. The van der Waals surface area contributed by atoms with Gasteiger partial charge in [-0.1, -0.05) is 98.1 Å². The van der Waals surface area contributed by atoms with Crippen LogP contribution in [-0.2, 0) is 0 Å². The van der Waals surface area contributed by atoms with Crippen molar-refractivity contribution in [3.8, 4) is 0 Å². The number of hydrogen-bond donors (Lipinski definition) is 0. The van der Waals surface area contributed by atoms with Crippen LogP contribution in [-0.4, -0.2) is 14.1 Å². The van der Waals surface area contributed by atoms with Crippen molar-refractivity contribution in [3.63, 3.8) is 0 Å². The summed E-state index contributed by atoms with van der Waals surface area (Å²) in [6, 6.07) is 29.7. The monoisotopic (exact) mass is 470 g/mol. The topological polar surface area (TPSA) is 6.48 Å². The Morgan fingerprint density at radius 2 is 1.11 bits per heavy atom. The van der Waals surface area contributed by atoms with Gasteiger partial charge >= 0.3 is 0 Å². The van der Waals surface area contributed by atoms with Gasteiger partial charge in [-0.15, -0.1) is 0 Å². The minimum absolute atomic E-state index is 0.905. The molecule has 0 amide bonds. The van der Waals surface area contributed by atoms with Crippen molar-refractivity contribution < 1.29 is 0 Å². The van der Waals surface area contributed by atoms with Gasteiger partial charge in [0.05, 0.1) is 0 Å². The number of benzene rings is 4. The predicted molar refractivity (Wildman–Crippen MR) is 160 cm³/mol. The molecule has 4 rings (SSSR count). The van der Waals surface area contributed by atoms with E-state index in [9.17, 15) is 0 Å². The SMILES string of the molecule is C=C(C=CC(=C)N(C)c1cccc2ccccc12)C(C)=CC=C(C)N(C)c1cccc2ccccc12. The molecule has 4 aromatic rings. The van der Waals surface area contributed by atoms with Crippen LogP contribution in [0.15, 0.2) is 145 Å². The van der Waals surface area contributed by atoms with Crippen LogP contribution in [0.2, 0.25) is 0 Å². The Kier molecular flexibility index (Phi) is 7.56. The van der Waals surface area contributed by atoms with Crippen LogP contribution in [0.5, 0.6) is 0 Å². The van der Waals surface area contributed by atoms with Gasteiger partial charge in [0.1, 0.15) is 0 Å². The van der Waals surface area contributed by atoms with Gasteiger partial charge in [0.2, 0.25) is 0 Å². The lowest BCUT2D eigenvalue weighted by Gasteiger charge is -2.22. The molecular formula is C34H34N2. The fraction of sp³-hybridized carbons (Fsp3) is 0.118. The number of rotatable bonds is 8. The quantitative estimate of drug-likeness (QED) is 0.237. The first kappa shape index (κ1) is 24.8. The first-order chi connectivity index (χ1) is 17.4. The van der Waals surface area contributed by atoms with Crippen LogP contribution in [0.25, 0.3) is 21.5 Å². The second kappa shape index (κ2) is 11.0. The normalized spacial score (nSPS) is 12.3. The Labute approximate surface area is 215 Å². The minimum atomic E-state index is 0.905. The van der Waals surface area contributed by atoms with Gasteiger partial charge in [0.15, 0.2) is 0 Å². The van der Waals surface area contributed by atoms with Gasteiger partial charge in [-0.05, 0) is 60.1 Å². The number of anilines is 2. The third kappa shape index (κ3) is 5.34. The molecule has 0 saturated carbocycles. The molecular weight excluding hydrogens is 436 g/mol. The number of likely N-dealkylation sites (N-methyl/N-ethyl adjacent to an activating group) is 1. The van der Waals surface area contributed by atoms with E-state index in [4.69, 9.17) is 0 Å². The summed E-state index contributed by atoms with van der Waals surface area (Å²) in [5, 5.41) is 4.92. The van der Waals surface area contributed by atoms with Crippen molar-refractivity contribution in [1.82, 2.24) is 0 Å². The summed E-state index contributed by atoms with van der Waals surface area (Å²) in [6.45, 7) is 12.8. The van der Waals surface area contributed by atoms with Crippen LogP contribution in [0, 0.1) is 0 Å². The summed E-state index contributed by atoms with van der Waals surface area (Å²) in [5.41, 5.74) is 6.46. The number of fused-ring (bicyclic) bond motifs is 2. The summed E-state index contributed by atoms with van der Waals surface area (Å²) in [5.74, 6) is 0. The van der Waals surface area contributed by atoms with Crippen molar-refractivity contribution in [2.75, 3.05) is 23.9 Å². The third-order valence-corrected chi connectivity index (χ3v) is 6.77. The lowest BCUT2D eigenvalue weighted by atomic mass is 10.1. The molecule has 0 unspecified atom stereocenters. The molecule has 36 heavy (non-hydrogen) atoms. The van der Waals surface area contributed by atoms with E-state index in [0.29, 0.717) is 0 Å². The summed E-state index contributed by atoms with van der Waals surface area (Å²) >= 11 is 0. The molecule has 0 fully saturated rings. The highest BCUT2D eigenvalue weighted by molar-refractivity contribution is 5.95. The van der Waals surface area contributed by atoms with Crippen LogP contribution < -0.4 is 9.80 Å². The predicted octanol–water partition coefficient (Wildman–Crippen LogP) is 9.04. The fourth-order valence-electron chi connectivity index (χ4n) is 4.25. The van der Waals surface area contributed by atoms with Crippen LogP contribution in [0.4, 0.5) is 11.4 Å². The van der Waals surface area contributed by atoms with Crippen LogP contribution >= 0.6 is 0 Å². The van der Waals surface area contributed by atoms with Crippen molar-refractivity contribution >= 4 is 32.9 Å². The first-order valence-electron chi connectivity index (χ1n) is 12.2. The second-order valence-corrected chi connectivity index (χ2v) is 9.12. The Bertz CT molecular complexity index is 1510. The number of hydrogen-bond acceptors (Lipinski definition) is 2. The van der Waals surface area contributed by atoms with Gasteiger partial charge in [-0.25, -0.2) is 0 Å². The Hall–Kier alpha value is -4.30. The molecule has 0 aliphatic heterocycles. The highest BCUT2D eigenvalue weighted by Gasteiger charge is 2.08. The van der Waals surface area contributed by atoms with Gasteiger partial charge in [-0.2, -0.15) is 0 Å². The Morgan fingerprint density at radius 1 is 0.611 bits per heavy atom. The van der Waals surface area contributed by atoms with E-state index in [-0.39, 0.29) is 0 Å². The average molecular weight is 471 g/mol. The molecule has 0 aliphatic carbocycles. The second-order valence-electron chi connectivity index (χ2n) is 9.12. The maximum Gasteiger partial charge on any atom is 0.0487 e. The highest BCUT2D eigenvalue weighted by atomic mass is 15.1. The minimum Gasteiger partial charge on any atom is -0.348 e. The molecule has 0 bridgehead atoms. The van der Waals surface area contributed by atoms with E-state index in [1.807, 2.05) is 12.2 Å². The van der Waals surface area contributed by atoms with Crippen molar-refractivity contribution in [1.29, 1.82) is 0 Å². The molecule has 0 atom stereocenters. The molecule has 0 aliphatic rings. The van der Waals surface area contributed by atoms with E-state index in [0.717, 1.165) is 28.2 Å². The molecule has 2 heteroatoms. The lowest BCUT2D eigenvalue weighted by molar-refractivity contribution is 1.10. The van der Waals surface area contributed by atoms with Crippen LogP contribution in [0.1, 0.15) is 13.8 Å². The number of allylic oxidation sites excluding steroid dienone is 7. The summed E-state index contributed by atoms with van der Waals surface area (Å²) in [6.07, 6.45) is 8.33. The maximum absolute atomic E-state index is 4.28. The van der Waals surface area contributed by atoms with E-state index < -0.39 is 0 Å². The van der Waals surface area contributed by atoms with Crippen molar-refractivity contribution in [2.45, 2.75) is 13.8 Å².